The third kappa shape index (κ3) is 2.57. The van der Waals surface area contributed by atoms with Crippen LogP contribution in [0.25, 0.3) is 0 Å². The van der Waals surface area contributed by atoms with Crippen LogP contribution in [0.3, 0.4) is 0 Å². The Morgan fingerprint density at radius 3 is 2.63 bits per heavy atom. The molecule has 0 amide bonds. The molecule has 4 nitrogen and oxygen atoms in total. The first kappa shape index (κ1) is 13.8. The van der Waals surface area contributed by atoms with Gasteiger partial charge in [0.1, 0.15) is 16.4 Å². The summed E-state index contributed by atoms with van der Waals surface area (Å²) >= 11 is 11.1. The number of aryl methyl sites for hydroxylation is 2. The molecule has 0 spiro atoms. The first-order valence-electron chi connectivity index (χ1n) is 5.68. The van der Waals surface area contributed by atoms with Gasteiger partial charge in [-0.25, -0.2) is 0 Å². The lowest BCUT2D eigenvalue weighted by atomic mass is 10.2. The van der Waals surface area contributed by atoms with Gasteiger partial charge in [0.25, 0.3) is 0 Å². The van der Waals surface area contributed by atoms with Crippen molar-refractivity contribution < 1.29 is 4.74 Å². The first-order valence-corrected chi connectivity index (χ1v) is 6.46. The van der Waals surface area contributed by atoms with E-state index in [1.54, 1.807) is 22.9 Å². The van der Waals surface area contributed by atoms with Gasteiger partial charge in [-0.3, -0.25) is 4.68 Å². The molecule has 0 aliphatic rings. The number of aromatic nitrogens is 2. The van der Waals surface area contributed by atoms with Crippen molar-refractivity contribution in [3.8, 4) is 11.5 Å². The molecule has 0 atom stereocenters. The lowest BCUT2D eigenvalue weighted by molar-refractivity contribution is 0.473. The number of thiocarbonyl (C=S) groups is 1. The summed E-state index contributed by atoms with van der Waals surface area (Å²) in [6, 6.07) is 5.30. The minimum atomic E-state index is 0.208. The average molecular weight is 296 g/mol. The molecule has 2 aromatic rings. The molecule has 0 aliphatic heterocycles. The van der Waals surface area contributed by atoms with Gasteiger partial charge < -0.3 is 10.5 Å². The van der Waals surface area contributed by atoms with Crippen molar-refractivity contribution in [1.29, 1.82) is 0 Å². The monoisotopic (exact) mass is 295 g/mol. The number of nitrogens with two attached hydrogens (primary N) is 1. The van der Waals surface area contributed by atoms with E-state index in [-0.39, 0.29) is 4.99 Å². The van der Waals surface area contributed by atoms with Gasteiger partial charge in [-0.05, 0) is 26.0 Å². The van der Waals surface area contributed by atoms with E-state index < -0.39 is 0 Å². The van der Waals surface area contributed by atoms with Crippen LogP contribution in [0, 0.1) is 13.8 Å². The number of halogens is 1. The van der Waals surface area contributed by atoms with Gasteiger partial charge in [-0.15, -0.1) is 0 Å². The summed E-state index contributed by atoms with van der Waals surface area (Å²) in [4.78, 5) is 0.208. The van der Waals surface area contributed by atoms with Crippen LogP contribution in [-0.2, 0) is 7.05 Å². The topological polar surface area (TPSA) is 53.1 Å². The van der Waals surface area contributed by atoms with Crippen LogP contribution in [-0.4, -0.2) is 14.8 Å². The van der Waals surface area contributed by atoms with Crippen molar-refractivity contribution in [3.63, 3.8) is 0 Å². The zero-order valence-electron chi connectivity index (χ0n) is 10.9. The molecular weight excluding hydrogens is 282 g/mol. The lowest BCUT2D eigenvalue weighted by Crippen LogP contribution is -2.11. The van der Waals surface area contributed by atoms with Crippen LogP contribution in [0.5, 0.6) is 11.5 Å². The maximum atomic E-state index is 6.11. The predicted molar refractivity (Wildman–Crippen MR) is 80.1 cm³/mol. The zero-order chi connectivity index (χ0) is 14.2. The van der Waals surface area contributed by atoms with Gasteiger partial charge in [0.15, 0.2) is 5.75 Å². The van der Waals surface area contributed by atoms with Gasteiger partial charge in [0.2, 0.25) is 0 Å². The Morgan fingerprint density at radius 2 is 2.11 bits per heavy atom. The van der Waals surface area contributed by atoms with Crippen molar-refractivity contribution in [2.45, 2.75) is 13.8 Å². The summed E-state index contributed by atoms with van der Waals surface area (Å²) in [5.41, 5.74) is 7.96. The molecule has 0 unspecified atom stereocenters. The summed E-state index contributed by atoms with van der Waals surface area (Å²) in [5.74, 6) is 1.24. The normalized spacial score (nSPS) is 10.5. The van der Waals surface area contributed by atoms with Crippen molar-refractivity contribution in [3.05, 3.63) is 40.2 Å². The van der Waals surface area contributed by atoms with Crippen molar-refractivity contribution in [1.82, 2.24) is 9.78 Å². The van der Waals surface area contributed by atoms with Gasteiger partial charge >= 0.3 is 0 Å². The van der Waals surface area contributed by atoms with Crippen LogP contribution < -0.4 is 10.5 Å². The zero-order valence-corrected chi connectivity index (χ0v) is 12.5. The molecule has 0 fully saturated rings. The number of hydrogen-bond donors (Lipinski definition) is 1. The van der Waals surface area contributed by atoms with Crippen molar-refractivity contribution in [2.24, 2.45) is 12.8 Å². The second-order valence-corrected chi connectivity index (χ2v) is 5.05. The Bertz CT molecular complexity index is 652. The number of benzene rings is 1. The van der Waals surface area contributed by atoms with E-state index in [0.717, 1.165) is 11.4 Å². The molecule has 0 radical (unpaired) electrons. The fourth-order valence-corrected chi connectivity index (χ4v) is 2.37. The fourth-order valence-electron chi connectivity index (χ4n) is 1.84. The highest BCUT2D eigenvalue weighted by molar-refractivity contribution is 7.80. The van der Waals surface area contributed by atoms with E-state index in [1.807, 2.05) is 20.9 Å². The maximum Gasteiger partial charge on any atom is 0.171 e. The second kappa shape index (κ2) is 5.19. The third-order valence-electron chi connectivity index (χ3n) is 2.88. The molecule has 6 heteroatoms. The third-order valence-corrected chi connectivity index (χ3v) is 3.40. The van der Waals surface area contributed by atoms with Crippen molar-refractivity contribution >= 4 is 28.8 Å². The molecule has 1 heterocycles. The summed E-state index contributed by atoms with van der Waals surface area (Å²) < 4.78 is 7.66. The molecule has 19 heavy (non-hydrogen) atoms. The van der Waals surface area contributed by atoms with Gasteiger partial charge in [-0.2, -0.15) is 5.10 Å². The van der Waals surface area contributed by atoms with E-state index >= 15 is 0 Å². The molecule has 2 N–H and O–H groups in total. The van der Waals surface area contributed by atoms with Gasteiger partial charge in [0.05, 0.1) is 16.3 Å². The minimum absolute atomic E-state index is 0.208. The summed E-state index contributed by atoms with van der Waals surface area (Å²) in [5, 5.41) is 4.77. The summed E-state index contributed by atoms with van der Waals surface area (Å²) in [6.45, 7) is 3.81. The molecule has 1 aromatic heterocycles. The lowest BCUT2D eigenvalue weighted by Gasteiger charge is -2.11. The Balaban J connectivity index is 2.50. The number of rotatable bonds is 3. The number of ether oxygens (including phenoxy) is 1. The molecule has 100 valence electrons. The molecule has 0 bridgehead atoms. The van der Waals surface area contributed by atoms with E-state index in [2.05, 4.69) is 5.10 Å². The van der Waals surface area contributed by atoms with Crippen molar-refractivity contribution in [2.75, 3.05) is 0 Å². The molecular formula is C13H14ClN3OS. The Kier molecular flexibility index (Phi) is 3.78. The summed E-state index contributed by atoms with van der Waals surface area (Å²) in [7, 11) is 1.86. The van der Waals surface area contributed by atoms with Crippen LogP contribution in [0.1, 0.15) is 17.0 Å². The quantitative estimate of drug-likeness (QED) is 0.884. The van der Waals surface area contributed by atoms with Crippen LogP contribution in [0.2, 0.25) is 5.02 Å². The highest BCUT2D eigenvalue weighted by Crippen LogP contribution is 2.33. The highest BCUT2D eigenvalue weighted by atomic mass is 35.5. The number of nitrogens with zero attached hydrogens (tertiary/aromatic N) is 2. The predicted octanol–water partition coefficient (Wildman–Crippen LogP) is 3.12. The Hall–Kier alpha value is -1.59. The van der Waals surface area contributed by atoms with Gasteiger partial charge in [0, 0.05) is 7.05 Å². The smallest absolute Gasteiger partial charge is 0.171 e. The Labute approximate surface area is 122 Å². The van der Waals surface area contributed by atoms with E-state index in [0.29, 0.717) is 22.1 Å². The molecule has 0 saturated heterocycles. The van der Waals surface area contributed by atoms with Crippen LogP contribution in [0.4, 0.5) is 0 Å². The van der Waals surface area contributed by atoms with E-state index in [4.69, 9.17) is 34.3 Å². The van der Waals surface area contributed by atoms with E-state index in [9.17, 15) is 0 Å². The largest absolute Gasteiger partial charge is 0.453 e. The average Bonchev–Trinajstić information content (AvgIpc) is 2.55. The standard InChI is InChI=1S/C13H14ClN3OS/c1-7-12(8(2)17(3)16-7)18-10-6-4-5-9(14)11(10)13(15)19/h4-6H,1-3H3,(H2,15,19). The van der Waals surface area contributed by atoms with Crippen LogP contribution in [0.15, 0.2) is 18.2 Å². The number of hydrogen-bond acceptors (Lipinski definition) is 3. The van der Waals surface area contributed by atoms with Crippen LogP contribution >= 0.6 is 23.8 Å². The maximum absolute atomic E-state index is 6.11. The first-order chi connectivity index (χ1) is 8.91. The fraction of sp³-hybridized carbons (Fsp3) is 0.231. The minimum Gasteiger partial charge on any atom is -0.453 e. The SMILES string of the molecule is Cc1nn(C)c(C)c1Oc1cccc(Cl)c1C(N)=S. The highest BCUT2D eigenvalue weighted by Gasteiger charge is 2.16. The molecule has 0 saturated carbocycles. The Morgan fingerprint density at radius 1 is 1.42 bits per heavy atom. The molecule has 2 rings (SSSR count). The molecule has 1 aromatic carbocycles. The summed E-state index contributed by atoms with van der Waals surface area (Å²) in [6.07, 6.45) is 0. The van der Waals surface area contributed by atoms with Gasteiger partial charge in [-0.1, -0.05) is 29.9 Å². The second-order valence-electron chi connectivity index (χ2n) is 4.20. The van der Waals surface area contributed by atoms with E-state index in [1.165, 1.54) is 0 Å². The molecule has 0 aliphatic carbocycles.